The van der Waals surface area contributed by atoms with Gasteiger partial charge >= 0.3 is 12.1 Å². The highest BCUT2D eigenvalue weighted by Crippen LogP contribution is 2.43. The fourth-order valence-corrected chi connectivity index (χ4v) is 3.62. The van der Waals surface area contributed by atoms with Gasteiger partial charge in [0.2, 0.25) is 0 Å². The van der Waals surface area contributed by atoms with Gasteiger partial charge < -0.3 is 14.6 Å². The minimum atomic E-state index is -4.76. The van der Waals surface area contributed by atoms with Crippen LogP contribution in [0, 0.1) is 5.82 Å². The molecule has 1 aliphatic rings. The summed E-state index contributed by atoms with van der Waals surface area (Å²) in [5.74, 6) is -1.84. The molecule has 8 heteroatoms. The molecule has 0 spiro atoms. The molecule has 0 aliphatic heterocycles. The number of halogens is 4. The Hall–Kier alpha value is -2.61. The molecule has 29 heavy (non-hydrogen) atoms. The van der Waals surface area contributed by atoms with E-state index in [-0.39, 0.29) is 18.4 Å². The highest BCUT2D eigenvalue weighted by atomic mass is 19.4. The van der Waals surface area contributed by atoms with Gasteiger partial charge in [-0.25, -0.2) is 4.39 Å². The monoisotopic (exact) mass is 412 g/mol. The molecule has 156 valence electrons. The second-order valence-electron chi connectivity index (χ2n) is 6.74. The number of aliphatic carboxylic acids is 1. The average Bonchev–Trinajstić information content (AvgIpc) is 3.03. The summed E-state index contributed by atoms with van der Waals surface area (Å²) in [6.07, 6.45) is -5.77. The van der Waals surface area contributed by atoms with Crippen LogP contribution in [0.15, 0.2) is 36.4 Å². The fraction of sp³-hybridized carbons (Fsp3) is 0.381. The highest BCUT2D eigenvalue weighted by molar-refractivity contribution is 5.67. The van der Waals surface area contributed by atoms with E-state index >= 15 is 0 Å². The lowest BCUT2D eigenvalue weighted by Crippen LogP contribution is -2.13. The highest BCUT2D eigenvalue weighted by Gasteiger charge is 2.40. The first kappa shape index (κ1) is 21.1. The number of carboxylic acids is 1. The van der Waals surface area contributed by atoms with Crippen molar-refractivity contribution in [3.05, 3.63) is 64.5 Å². The largest absolute Gasteiger partial charge is 0.486 e. The third-order valence-electron chi connectivity index (χ3n) is 4.84. The lowest BCUT2D eigenvalue weighted by molar-refractivity contribution is -0.141. The van der Waals surface area contributed by atoms with Gasteiger partial charge in [0.15, 0.2) is 0 Å². The first-order valence-corrected chi connectivity index (χ1v) is 9.19. The molecule has 0 saturated carbocycles. The molecule has 2 atom stereocenters. The van der Waals surface area contributed by atoms with Gasteiger partial charge in [-0.1, -0.05) is 18.2 Å². The molecule has 0 aromatic heterocycles. The summed E-state index contributed by atoms with van der Waals surface area (Å²) in [4.78, 5) is 11.0. The molecule has 4 nitrogen and oxygen atoms in total. The van der Waals surface area contributed by atoms with E-state index in [9.17, 15) is 22.4 Å². The maximum Gasteiger partial charge on any atom is 0.419 e. The van der Waals surface area contributed by atoms with E-state index in [0.29, 0.717) is 29.9 Å². The van der Waals surface area contributed by atoms with Gasteiger partial charge in [-0.2, -0.15) is 13.2 Å². The van der Waals surface area contributed by atoms with E-state index < -0.39 is 35.7 Å². The minimum absolute atomic E-state index is 0.0583. The van der Waals surface area contributed by atoms with Gasteiger partial charge in [0, 0.05) is 6.61 Å². The van der Waals surface area contributed by atoms with Crippen LogP contribution in [0.3, 0.4) is 0 Å². The number of carboxylic acid groups (broad SMARTS) is 1. The molecule has 0 saturated heterocycles. The van der Waals surface area contributed by atoms with E-state index in [1.807, 2.05) is 0 Å². The Kier molecular flexibility index (Phi) is 6.12. The smallest absolute Gasteiger partial charge is 0.419 e. The van der Waals surface area contributed by atoms with Crippen LogP contribution in [0.4, 0.5) is 17.6 Å². The molecule has 2 aromatic rings. The average molecular weight is 412 g/mol. The quantitative estimate of drug-likeness (QED) is 0.614. The maximum absolute atomic E-state index is 13.8. The Morgan fingerprint density at radius 1 is 1.21 bits per heavy atom. The number of alkyl halides is 3. The molecule has 1 N–H and O–H groups in total. The van der Waals surface area contributed by atoms with E-state index in [1.54, 1.807) is 31.2 Å². The van der Waals surface area contributed by atoms with Gasteiger partial charge in [-0.3, -0.25) is 4.79 Å². The van der Waals surface area contributed by atoms with Crippen LogP contribution in [0.2, 0.25) is 0 Å². The Morgan fingerprint density at radius 3 is 2.48 bits per heavy atom. The van der Waals surface area contributed by atoms with E-state index in [0.717, 1.165) is 6.07 Å². The van der Waals surface area contributed by atoms with Gasteiger partial charge in [0.1, 0.15) is 17.7 Å². The second kappa shape index (κ2) is 8.41. The van der Waals surface area contributed by atoms with Crippen molar-refractivity contribution >= 4 is 5.97 Å². The van der Waals surface area contributed by atoms with Crippen LogP contribution < -0.4 is 4.74 Å². The molecular weight excluding hydrogens is 392 g/mol. The van der Waals surface area contributed by atoms with Crippen molar-refractivity contribution in [3.63, 3.8) is 0 Å². The van der Waals surface area contributed by atoms with E-state index in [1.165, 1.54) is 6.07 Å². The normalized spacial score (nSPS) is 17.1. The molecule has 0 bridgehead atoms. The first-order valence-electron chi connectivity index (χ1n) is 9.19. The molecule has 2 aromatic carbocycles. The minimum Gasteiger partial charge on any atom is -0.486 e. The van der Waals surface area contributed by atoms with Gasteiger partial charge in [-0.15, -0.1) is 0 Å². The summed E-state index contributed by atoms with van der Waals surface area (Å²) in [7, 11) is 0. The second-order valence-corrected chi connectivity index (χ2v) is 6.74. The molecule has 1 aliphatic carbocycles. The van der Waals surface area contributed by atoms with Crippen molar-refractivity contribution in [3.8, 4) is 5.75 Å². The summed E-state index contributed by atoms with van der Waals surface area (Å²) in [5, 5.41) is 9.00. The predicted octanol–water partition coefficient (Wildman–Crippen LogP) is 5.46. The van der Waals surface area contributed by atoms with Crippen LogP contribution in [0.1, 0.15) is 54.2 Å². The Bertz CT molecular complexity index is 877. The zero-order chi connectivity index (χ0) is 21.2. The number of fused-ring (bicyclic) bond motifs is 1. The van der Waals surface area contributed by atoms with Gasteiger partial charge in [0.25, 0.3) is 0 Å². The summed E-state index contributed by atoms with van der Waals surface area (Å²) in [6.45, 7) is 2.12. The molecule has 0 fully saturated rings. The molecule has 0 amide bonds. The van der Waals surface area contributed by atoms with E-state index in [2.05, 4.69) is 0 Å². The summed E-state index contributed by atoms with van der Waals surface area (Å²) in [5.41, 5.74) is -0.280. The predicted molar refractivity (Wildman–Crippen MR) is 96.2 cm³/mol. The summed E-state index contributed by atoms with van der Waals surface area (Å²) in [6, 6.07) is 8.74. The van der Waals surface area contributed by atoms with Crippen LogP contribution in [0.25, 0.3) is 0 Å². The zero-order valence-corrected chi connectivity index (χ0v) is 15.6. The van der Waals surface area contributed by atoms with Crippen LogP contribution >= 0.6 is 0 Å². The Morgan fingerprint density at radius 2 is 1.90 bits per heavy atom. The summed E-state index contributed by atoms with van der Waals surface area (Å²) < 4.78 is 64.6. The molecule has 3 rings (SSSR count). The third-order valence-corrected chi connectivity index (χ3v) is 4.84. The Labute approximate surface area is 165 Å². The van der Waals surface area contributed by atoms with Crippen molar-refractivity contribution in [1.29, 1.82) is 0 Å². The number of rotatable bonds is 7. The molecular formula is C21H20F4O4. The number of carbonyl (C=O) groups is 1. The van der Waals surface area contributed by atoms with Crippen LogP contribution in [-0.4, -0.2) is 17.7 Å². The lowest BCUT2D eigenvalue weighted by atomic mass is 10.0. The zero-order valence-electron chi connectivity index (χ0n) is 15.6. The standard InChI is InChI=1S/C21H20F4O4/c1-2-28-18(11-19(26)27)12-3-5-13(6-4-12)29-17-10-8-15-14(17)7-9-16(22)20(15)21(23,24)25/h3-7,9,17-18H,2,8,10-11H2,1H3,(H,26,27)/t17-,18?/m1/s1. The Balaban J connectivity index is 1.79. The topological polar surface area (TPSA) is 55.8 Å². The van der Waals surface area contributed by atoms with Crippen molar-refractivity contribution in [1.82, 2.24) is 0 Å². The summed E-state index contributed by atoms with van der Waals surface area (Å²) >= 11 is 0. The van der Waals surface area contributed by atoms with Gasteiger partial charge in [-0.05, 0) is 54.7 Å². The van der Waals surface area contributed by atoms with Crippen molar-refractivity contribution < 1.29 is 36.9 Å². The van der Waals surface area contributed by atoms with Crippen molar-refractivity contribution in [2.45, 2.75) is 44.6 Å². The third kappa shape index (κ3) is 4.70. The number of benzene rings is 2. The first-order chi connectivity index (χ1) is 13.7. The SMILES string of the molecule is CCOC(CC(=O)O)c1ccc(O[C@@H]2CCc3c2ccc(F)c3C(F)(F)F)cc1. The number of ether oxygens (including phenoxy) is 2. The fourth-order valence-electron chi connectivity index (χ4n) is 3.62. The van der Waals surface area contributed by atoms with Crippen molar-refractivity contribution in [2.75, 3.05) is 6.61 Å². The lowest BCUT2D eigenvalue weighted by Gasteiger charge is -2.18. The van der Waals surface area contributed by atoms with Crippen LogP contribution in [0.5, 0.6) is 5.75 Å². The number of hydrogen-bond acceptors (Lipinski definition) is 3. The molecule has 0 heterocycles. The van der Waals surface area contributed by atoms with Gasteiger partial charge in [0.05, 0.1) is 18.1 Å². The molecule has 0 radical (unpaired) electrons. The maximum atomic E-state index is 13.8. The van der Waals surface area contributed by atoms with Crippen molar-refractivity contribution in [2.24, 2.45) is 0 Å². The molecule has 1 unspecified atom stereocenters. The number of hydrogen-bond donors (Lipinski definition) is 1. The van der Waals surface area contributed by atoms with Crippen LogP contribution in [-0.2, 0) is 22.1 Å². The van der Waals surface area contributed by atoms with E-state index in [4.69, 9.17) is 14.6 Å².